The van der Waals surface area contributed by atoms with Crippen LogP contribution >= 0.6 is 0 Å². The van der Waals surface area contributed by atoms with Gasteiger partial charge >= 0.3 is 0 Å². The largest absolute Gasteiger partial charge is 0.331 e. The molecule has 0 heterocycles. The summed E-state index contributed by atoms with van der Waals surface area (Å²) in [7, 11) is 5.90. The topological polar surface area (TPSA) is 27.7 Å². The van der Waals surface area contributed by atoms with Crippen LogP contribution < -0.4 is 0 Å². The Balaban J connectivity index is 1.74. The molecule has 3 unspecified atom stereocenters. The smallest absolute Gasteiger partial charge is 0.281 e. The lowest BCUT2D eigenvalue weighted by Gasteiger charge is -2.29. The Morgan fingerprint density at radius 2 is 1.82 bits per heavy atom. The van der Waals surface area contributed by atoms with Crippen LogP contribution in [0.1, 0.15) is 19.3 Å². The summed E-state index contributed by atoms with van der Waals surface area (Å²) in [4.78, 5) is 0. The average molecular weight is 254 g/mol. The summed E-state index contributed by atoms with van der Waals surface area (Å²) in [5.41, 5.74) is 0.897. The van der Waals surface area contributed by atoms with Gasteiger partial charge in [-0.1, -0.05) is 18.2 Å². The molecule has 3 atom stereocenters. The van der Waals surface area contributed by atoms with E-state index in [9.17, 15) is 0 Å². The highest BCUT2D eigenvalue weighted by atomic mass is 28.2. The van der Waals surface area contributed by atoms with E-state index < -0.39 is 5.97 Å². The predicted molar refractivity (Wildman–Crippen MR) is 68.0 cm³/mol. The molecule has 0 aromatic rings. The van der Waals surface area contributed by atoms with Gasteiger partial charge in [-0.2, -0.15) is 0 Å². The zero-order valence-electron chi connectivity index (χ0n) is 10.9. The second-order valence-electron chi connectivity index (χ2n) is 4.89. The van der Waals surface area contributed by atoms with Crippen molar-refractivity contribution in [2.75, 3.05) is 21.3 Å². The third kappa shape index (κ3) is 2.81. The van der Waals surface area contributed by atoms with Crippen LogP contribution in [0.5, 0.6) is 0 Å². The first-order valence-electron chi connectivity index (χ1n) is 6.30. The molecule has 2 aliphatic carbocycles. The molecule has 0 spiro atoms. The molecular formula is C13H22O3Si. The molecule has 17 heavy (non-hydrogen) atoms. The number of ether oxygens (including phenoxy) is 3. The Bertz CT molecular complexity index is 268. The summed E-state index contributed by atoms with van der Waals surface area (Å²) in [6.45, 7) is 0. The van der Waals surface area contributed by atoms with Gasteiger partial charge < -0.3 is 14.2 Å². The van der Waals surface area contributed by atoms with E-state index in [0.717, 1.165) is 39.4 Å². The highest BCUT2D eigenvalue weighted by molar-refractivity contribution is 6.37. The van der Waals surface area contributed by atoms with E-state index >= 15 is 0 Å². The minimum atomic E-state index is -0.833. The number of hydrogen-bond donors (Lipinski definition) is 0. The van der Waals surface area contributed by atoms with Gasteiger partial charge in [0.2, 0.25) is 0 Å². The fourth-order valence-electron chi connectivity index (χ4n) is 2.98. The summed E-state index contributed by atoms with van der Waals surface area (Å²) in [5.74, 6) is 0.885. The molecule has 0 N–H and O–H groups in total. The van der Waals surface area contributed by atoms with Crippen LogP contribution in [0.2, 0.25) is 11.6 Å². The lowest BCUT2D eigenvalue weighted by atomic mass is 10.1. The third-order valence-corrected chi connectivity index (χ3v) is 5.78. The standard InChI is InChI=1S/C13H22O3Si/c1-14-13(15-2,16-3)6-7-17-12-9-10-4-5-11(12)8-10/h4-5,10-12H,6-9H2,1-3H3. The summed E-state index contributed by atoms with van der Waals surface area (Å²) >= 11 is 0. The molecule has 1 fully saturated rings. The lowest BCUT2D eigenvalue weighted by molar-refractivity contribution is -0.352. The zero-order valence-corrected chi connectivity index (χ0v) is 11.9. The van der Waals surface area contributed by atoms with Crippen LogP contribution in [-0.4, -0.2) is 36.8 Å². The monoisotopic (exact) mass is 254 g/mol. The van der Waals surface area contributed by atoms with Crippen molar-refractivity contribution in [2.24, 2.45) is 11.8 Å². The fraction of sp³-hybridized carbons (Fsp3) is 0.846. The van der Waals surface area contributed by atoms with Crippen LogP contribution in [0.3, 0.4) is 0 Å². The van der Waals surface area contributed by atoms with E-state index in [-0.39, 0.29) is 0 Å². The molecule has 0 amide bonds. The van der Waals surface area contributed by atoms with Crippen molar-refractivity contribution >= 4 is 9.52 Å². The van der Waals surface area contributed by atoms with Gasteiger partial charge in [0.1, 0.15) is 0 Å². The maximum absolute atomic E-state index is 5.31. The predicted octanol–water partition coefficient (Wildman–Crippen LogP) is 2.48. The molecule has 2 aliphatic rings. The van der Waals surface area contributed by atoms with Crippen LogP contribution in [0, 0.1) is 11.8 Å². The molecular weight excluding hydrogens is 232 g/mol. The van der Waals surface area contributed by atoms with Gasteiger partial charge in [0.05, 0.1) is 0 Å². The first-order valence-corrected chi connectivity index (χ1v) is 7.58. The Kier molecular flexibility index (Phi) is 4.41. The maximum Gasteiger partial charge on any atom is 0.281 e. The number of rotatable bonds is 7. The first kappa shape index (κ1) is 13.3. The van der Waals surface area contributed by atoms with Gasteiger partial charge in [-0.15, -0.1) is 0 Å². The van der Waals surface area contributed by atoms with Crippen molar-refractivity contribution in [3.8, 4) is 0 Å². The number of hydrogen-bond acceptors (Lipinski definition) is 3. The van der Waals surface area contributed by atoms with Crippen molar-refractivity contribution in [3.63, 3.8) is 0 Å². The third-order valence-electron chi connectivity index (χ3n) is 4.05. The molecule has 2 bridgehead atoms. The first-order chi connectivity index (χ1) is 8.23. The average Bonchev–Trinajstić information content (AvgIpc) is 2.97. The van der Waals surface area contributed by atoms with E-state index in [4.69, 9.17) is 14.2 Å². The molecule has 1 saturated carbocycles. The molecule has 96 valence electrons. The Hall–Kier alpha value is -0.163. The Morgan fingerprint density at radius 1 is 1.12 bits per heavy atom. The van der Waals surface area contributed by atoms with Gasteiger partial charge in [0.15, 0.2) is 0 Å². The molecule has 3 nitrogen and oxygen atoms in total. The van der Waals surface area contributed by atoms with Gasteiger partial charge in [0, 0.05) is 37.3 Å². The number of allylic oxidation sites excluding steroid dienone is 2. The van der Waals surface area contributed by atoms with Crippen LogP contribution in [0.15, 0.2) is 12.2 Å². The van der Waals surface area contributed by atoms with Gasteiger partial charge in [-0.3, -0.25) is 0 Å². The van der Waals surface area contributed by atoms with Gasteiger partial charge in [0.25, 0.3) is 5.97 Å². The van der Waals surface area contributed by atoms with Crippen molar-refractivity contribution < 1.29 is 14.2 Å². The van der Waals surface area contributed by atoms with Gasteiger partial charge in [-0.25, -0.2) is 0 Å². The van der Waals surface area contributed by atoms with Crippen molar-refractivity contribution in [1.29, 1.82) is 0 Å². The molecule has 0 saturated heterocycles. The minimum absolute atomic E-state index is 0.812. The normalized spacial score (nSPS) is 31.4. The van der Waals surface area contributed by atoms with Crippen molar-refractivity contribution in [1.82, 2.24) is 0 Å². The van der Waals surface area contributed by atoms with Crippen molar-refractivity contribution in [3.05, 3.63) is 12.2 Å². The minimum Gasteiger partial charge on any atom is -0.331 e. The zero-order chi connectivity index (χ0) is 12.3. The SMILES string of the molecule is COC(CC[Si]C1CC2C=CC1C2)(OC)OC. The summed E-state index contributed by atoms with van der Waals surface area (Å²) in [6, 6.07) is 1.12. The van der Waals surface area contributed by atoms with E-state index in [1.807, 2.05) is 0 Å². The second-order valence-corrected chi connectivity index (χ2v) is 6.54. The molecule has 2 rings (SSSR count). The van der Waals surface area contributed by atoms with Crippen LogP contribution in [-0.2, 0) is 14.2 Å². The maximum atomic E-state index is 5.31. The van der Waals surface area contributed by atoms with Crippen LogP contribution in [0.4, 0.5) is 0 Å². The van der Waals surface area contributed by atoms with Crippen molar-refractivity contribution in [2.45, 2.75) is 36.8 Å². The molecule has 0 aromatic carbocycles. The van der Waals surface area contributed by atoms with E-state index in [0.29, 0.717) is 0 Å². The van der Waals surface area contributed by atoms with Crippen LogP contribution in [0.25, 0.3) is 0 Å². The lowest BCUT2D eigenvalue weighted by Crippen LogP contribution is -2.36. The molecule has 2 radical (unpaired) electrons. The number of fused-ring (bicyclic) bond motifs is 2. The number of methoxy groups -OCH3 is 3. The highest BCUT2D eigenvalue weighted by Crippen LogP contribution is 2.47. The van der Waals surface area contributed by atoms with E-state index in [2.05, 4.69) is 12.2 Å². The molecule has 0 aliphatic heterocycles. The highest BCUT2D eigenvalue weighted by Gasteiger charge is 2.36. The molecule has 4 heteroatoms. The second kappa shape index (κ2) is 5.65. The van der Waals surface area contributed by atoms with E-state index in [1.165, 1.54) is 12.8 Å². The Morgan fingerprint density at radius 3 is 2.29 bits per heavy atom. The van der Waals surface area contributed by atoms with Gasteiger partial charge in [-0.05, 0) is 30.2 Å². The quantitative estimate of drug-likeness (QED) is 0.397. The Labute approximate surface area is 106 Å². The summed E-state index contributed by atoms with van der Waals surface area (Å²) in [6.07, 6.45) is 8.41. The molecule has 0 aromatic heterocycles. The fourth-order valence-corrected chi connectivity index (χ4v) is 4.82. The summed E-state index contributed by atoms with van der Waals surface area (Å²) in [5, 5.41) is 0. The summed E-state index contributed by atoms with van der Waals surface area (Å²) < 4.78 is 15.9. The van der Waals surface area contributed by atoms with E-state index in [1.54, 1.807) is 21.3 Å².